The molecule has 1 aromatic heterocycles. The van der Waals surface area contributed by atoms with E-state index in [9.17, 15) is 27.5 Å². The summed E-state index contributed by atoms with van der Waals surface area (Å²) >= 11 is 0. The zero-order valence-corrected chi connectivity index (χ0v) is 20.8. The van der Waals surface area contributed by atoms with Crippen LogP contribution in [-0.2, 0) is 17.7 Å². The zero-order chi connectivity index (χ0) is 27.1. The first-order valence-corrected chi connectivity index (χ1v) is 11.7. The smallest absolute Gasteiger partial charge is 0.414 e. The SMILES string of the molecule is COC(=O)N1c2ccc(-c3cnn(CC(C)(C)O)c3)c(OC3=NC=C(C(F)(F)F)CC3F)c2CC[C@@H]1C. The Kier molecular flexibility index (Phi) is 7.06. The Hall–Kier alpha value is -3.41. The Morgan fingerprint density at radius 1 is 1.27 bits per heavy atom. The molecule has 0 saturated carbocycles. The summed E-state index contributed by atoms with van der Waals surface area (Å²) in [5, 5.41) is 14.4. The number of carbonyl (C=O) groups excluding carboxylic acids is 1. The van der Waals surface area contributed by atoms with E-state index in [1.807, 2.05) is 6.92 Å². The van der Waals surface area contributed by atoms with Crippen molar-refractivity contribution in [3.8, 4) is 16.9 Å². The minimum Gasteiger partial charge on any atom is -0.452 e. The van der Waals surface area contributed by atoms with Gasteiger partial charge in [-0.1, -0.05) is 0 Å². The Balaban J connectivity index is 1.82. The van der Waals surface area contributed by atoms with Crippen LogP contribution < -0.4 is 9.64 Å². The summed E-state index contributed by atoms with van der Waals surface area (Å²) in [7, 11) is 1.27. The van der Waals surface area contributed by atoms with Crippen LogP contribution in [-0.4, -0.2) is 58.0 Å². The van der Waals surface area contributed by atoms with Gasteiger partial charge in [-0.3, -0.25) is 9.58 Å². The molecule has 0 radical (unpaired) electrons. The van der Waals surface area contributed by atoms with Crippen molar-refractivity contribution < 1.29 is 36.9 Å². The fraction of sp³-hybridized carbons (Fsp3) is 0.480. The van der Waals surface area contributed by atoms with Gasteiger partial charge in [0.2, 0.25) is 5.90 Å². The minimum atomic E-state index is -4.69. The summed E-state index contributed by atoms with van der Waals surface area (Å²) in [6.07, 6.45) is -3.50. The molecule has 4 rings (SSSR count). The number of hydrogen-bond donors (Lipinski definition) is 1. The molecule has 3 heterocycles. The van der Waals surface area contributed by atoms with Crippen LogP contribution in [0.3, 0.4) is 0 Å². The zero-order valence-electron chi connectivity index (χ0n) is 20.8. The van der Waals surface area contributed by atoms with Crippen LogP contribution in [0.5, 0.6) is 5.75 Å². The molecule has 1 N–H and O–H groups in total. The number of halogens is 4. The number of aromatic nitrogens is 2. The van der Waals surface area contributed by atoms with Crippen molar-refractivity contribution in [1.29, 1.82) is 0 Å². The largest absolute Gasteiger partial charge is 0.452 e. The van der Waals surface area contributed by atoms with E-state index in [2.05, 4.69) is 10.1 Å². The standard InChI is InChI=1S/C25H28F4N4O4/c1-14-5-6-18-20(33(14)23(34)36-4)8-7-17(15-10-31-32(12-15)13-24(2,3)35)21(18)37-22-19(26)9-16(11-30-22)25(27,28)29/h7-8,10-12,14,19,35H,5-6,9,13H2,1-4H3/t14-,19?/m0/s1. The lowest BCUT2D eigenvalue weighted by Crippen LogP contribution is -2.42. The second-order valence-electron chi connectivity index (χ2n) is 9.80. The number of hydrogen-bond acceptors (Lipinski definition) is 6. The second kappa shape index (κ2) is 9.81. The average molecular weight is 525 g/mol. The first-order chi connectivity index (χ1) is 17.3. The quantitative estimate of drug-likeness (QED) is 0.556. The number of fused-ring (bicyclic) bond motifs is 1. The van der Waals surface area contributed by atoms with E-state index in [0.29, 0.717) is 41.4 Å². The molecular formula is C25H28F4N4O4. The topological polar surface area (TPSA) is 89.2 Å². The van der Waals surface area contributed by atoms with Gasteiger partial charge in [-0.25, -0.2) is 14.2 Å². The second-order valence-corrected chi connectivity index (χ2v) is 9.80. The molecule has 0 saturated heterocycles. The van der Waals surface area contributed by atoms with Gasteiger partial charge in [-0.05, 0) is 45.7 Å². The maximum Gasteiger partial charge on any atom is 0.414 e. The normalized spacial score (nSPS) is 20.2. The molecule has 2 aliphatic rings. The molecule has 2 atom stereocenters. The van der Waals surface area contributed by atoms with Crippen molar-refractivity contribution in [2.45, 2.75) is 70.6 Å². The number of allylic oxidation sites excluding steroid dienone is 1. The van der Waals surface area contributed by atoms with Crippen molar-refractivity contribution in [3.63, 3.8) is 0 Å². The number of benzene rings is 1. The Morgan fingerprint density at radius 3 is 2.62 bits per heavy atom. The fourth-order valence-corrected chi connectivity index (χ4v) is 4.45. The third-order valence-electron chi connectivity index (χ3n) is 6.20. The van der Waals surface area contributed by atoms with Gasteiger partial charge in [0.1, 0.15) is 5.75 Å². The maximum atomic E-state index is 14.9. The molecule has 37 heavy (non-hydrogen) atoms. The molecule has 200 valence electrons. The number of alkyl halides is 4. The summed E-state index contributed by atoms with van der Waals surface area (Å²) in [6.45, 7) is 5.33. The number of ether oxygens (including phenoxy) is 2. The summed E-state index contributed by atoms with van der Waals surface area (Å²) in [6, 6.07) is 3.20. The van der Waals surface area contributed by atoms with Crippen LogP contribution in [0.1, 0.15) is 39.2 Å². The van der Waals surface area contributed by atoms with Gasteiger partial charge < -0.3 is 14.6 Å². The first kappa shape index (κ1) is 26.6. The summed E-state index contributed by atoms with van der Waals surface area (Å²) < 4.78 is 66.5. The van der Waals surface area contributed by atoms with Crippen molar-refractivity contribution >= 4 is 17.7 Å². The molecule has 12 heteroatoms. The highest BCUT2D eigenvalue weighted by Crippen LogP contribution is 2.44. The summed E-state index contributed by atoms with van der Waals surface area (Å²) in [5.41, 5.74) is 0.00461. The van der Waals surface area contributed by atoms with Crippen LogP contribution in [0.15, 0.2) is 41.3 Å². The number of aliphatic hydroxyl groups is 1. The van der Waals surface area contributed by atoms with E-state index >= 15 is 0 Å². The number of anilines is 1. The predicted molar refractivity (Wildman–Crippen MR) is 128 cm³/mol. The van der Waals surface area contributed by atoms with Crippen LogP contribution in [0, 0.1) is 0 Å². The van der Waals surface area contributed by atoms with E-state index in [4.69, 9.17) is 9.47 Å². The fourth-order valence-electron chi connectivity index (χ4n) is 4.45. The average Bonchev–Trinajstić information content (AvgIpc) is 3.25. The molecule has 1 aromatic carbocycles. The number of rotatable bonds is 4. The first-order valence-electron chi connectivity index (χ1n) is 11.7. The Bertz CT molecular complexity index is 1250. The van der Waals surface area contributed by atoms with Crippen LogP contribution in [0.25, 0.3) is 11.1 Å². The van der Waals surface area contributed by atoms with Gasteiger partial charge in [0.25, 0.3) is 0 Å². The van der Waals surface area contributed by atoms with Gasteiger partial charge >= 0.3 is 12.3 Å². The Labute approximate surface area is 211 Å². The predicted octanol–water partition coefficient (Wildman–Crippen LogP) is 5.19. The number of carbonyl (C=O) groups is 1. The molecule has 2 aliphatic heterocycles. The third-order valence-corrected chi connectivity index (χ3v) is 6.20. The molecule has 0 bridgehead atoms. The van der Waals surface area contributed by atoms with E-state index in [-0.39, 0.29) is 18.3 Å². The molecule has 0 fully saturated rings. The van der Waals surface area contributed by atoms with E-state index in [1.54, 1.807) is 38.4 Å². The van der Waals surface area contributed by atoms with Crippen molar-refractivity contribution in [3.05, 3.63) is 41.9 Å². The lowest BCUT2D eigenvalue weighted by atomic mass is 9.92. The minimum absolute atomic E-state index is 0.173. The van der Waals surface area contributed by atoms with Crippen molar-refractivity contribution in [2.24, 2.45) is 4.99 Å². The molecule has 1 unspecified atom stereocenters. The molecule has 0 spiro atoms. The highest BCUT2D eigenvalue weighted by atomic mass is 19.4. The molecular weight excluding hydrogens is 496 g/mol. The number of methoxy groups -OCH3 is 1. The molecule has 8 nitrogen and oxygen atoms in total. The van der Waals surface area contributed by atoms with Gasteiger partial charge in [0.15, 0.2) is 6.17 Å². The number of nitrogens with zero attached hydrogens (tertiary/aromatic N) is 4. The van der Waals surface area contributed by atoms with Crippen LogP contribution >= 0.6 is 0 Å². The molecule has 2 aromatic rings. The number of aliphatic imine (C=N–C) groups is 1. The van der Waals surface area contributed by atoms with Crippen LogP contribution in [0.4, 0.5) is 28.0 Å². The van der Waals surface area contributed by atoms with E-state index in [0.717, 1.165) is 0 Å². The van der Waals surface area contributed by atoms with Crippen molar-refractivity contribution in [2.75, 3.05) is 12.0 Å². The lowest BCUT2D eigenvalue weighted by Gasteiger charge is -2.35. The number of amides is 1. The summed E-state index contributed by atoms with van der Waals surface area (Å²) in [5.74, 6) is -0.332. The lowest BCUT2D eigenvalue weighted by molar-refractivity contribution is -0.0955. The van der Waals surface area contributed by atoms with E-state index < -0.39 is 41.9 Å². The maximum absolute atomic E-state index is 14.9. The van der Waals surface area contributed by atoms with Gasteiger partial charge in [-0.15, -0.1) is 0 Å². The van der Waals surface area contributed by atoms with Crippen LogP contribution in [0.2, 0.25) is 0 Å². The summed E-state index contributed by atoms with van der Waals surface area (Å²) in [4.78, 5) is 17.7. The van der Waals surface area contributed by atoms with Gasteiger partial charge in [-0.2, -0.15) is 18.3 Å². The van der Waals surface area contributed by atoms with Gasteiger partial charge in [0.05, 0.1) is 36.7 Å². The van der Waals surface area contributed by atoms with Crippen molar-refractivity contribution in [1.82, 2.24) is 9.78 Å². The Morgan fingerprint density at radius 2 is 2.00 bits per heavy atom. The highest BCUT2D eigenvalue weighted by Gasteiger charge is 2.39. The monoisotopic (exact) mass is 524 g/mol. The third kappa shape index (κ3) is 5.63. The van der Waals surface area contributed by atoms with E-state index in [1.165, 1.54) is 16.7 Å². The highest BCUT2D eigenvalue weighted by molar-refractivity contribution is 5.94. The molecule has 0 aliphatic carbocycles. The van der Waals surface area contributed by atoms with Gasteiger partial charge in [0, 0.05) is 41.5 Å². The molecule has 1 amide bonds.